The Morgan fingerprint density at radius 1 is 0.865 bits per heavy atom. The van der Waals surface area contributed by atoms with Crippen molar-refractivity contribution in [2.24, 2.45) is 0 Å². The van der Waals surface area contributed by atoms with Crippen molar-refractivity contribution in [2.45, 2.75) is 16.2 Å². The third kappa shape index (κ3) is 4.66. The van der Waals surface area contributed by atoms with Gasteiger partial charge in [0.25, 0.3) is 10.0 Å². The fourth-order valence-electron chi connectivity index (χ4n) is 4.11. The Morgan fingerprint density at radius 2 is 1.49 bits per heavy atom. The third-order valence-corrected chi connectivity index (χ3v) is 8.52. The number of aliphatic carboxylic acids is 1. The molecular weight excluding hydrogens is 510 g/mol. The Bertz CT molecular complexity index is 1670. The minimum atomic E-state index is -4.12. The molecule has 1 aliphatic carbocycles. The van der Waals surface area contributed by atoms with Gasteiger partial charge in [0.2, 0.25) is 11.6 Å². The second kappa shape index (κ2) is 9.68. The van der Waals surface area contributed by atoms with Gasteiger partial charge in [-0.25, -0.2) is 12.4 Å². The van der Waals surface area contributed by atoms with E-state index < -0.39 is 27.6 Å². The van der Waals surface area contributed by atoms with Gasteiger partial charge in [-0.3, -0.25) is 14.4 Å². The summed E-state index contributed by atoms with van der Waals surface area (Å²) in [5, 5.41) is 9.01. The lowest BCUT2D eigenvalue weighted by Gasteiger charge is -2.17. The first kappa shape index (κ1) is 24.5. The molecule has 0 fully saturated rings. The summed E-state index contributed by atoms with van der Waals surface area (Å²) in [4.78, 5) is 37.9. The number of nitrogens with zero attached hydrogens (tertiary/aromatic N) is 1. The second-order valence-corrected chi connectivity index (χ2v) is 11.2. The molecule has 4 aromatic rings. The number of hydrogen-bond donors (Lipinski definition) is 1. The Morgan fingerprint density at radius 3 is 2.11 bits per heavy atom. The van der Waals surface area contributed by atoms with E-state index in [9.17, 15) is 22.8 Å². The highest BCUT2D eigenvalue weighted by molar-refractivity contribution is 8.08. The molecule has 0 saturated heterocycles. The molecule has 3 aromatic carbocycles. The fraction of sp³-hybridized carbons (Fsp3) is 0.0357. The average molecular weight is 530 g/mol. The molecule has 7 nitrogen and oxygen atoms in total. The zero-order valence-corrected chi connectivity index (χ0v) is 20.8. The summed E-state index contributed by atoms with van der Waals surface area (Å²) in [6.07, 6.45) is 2.42. The maximum Gasteiger partial charge on any atom is 0.307 e. The van der Waals surface area contributed by atoms with Gasteiger partial charge in [-0.2, -0.15) is 0 Å². The number of carbonyl (C=O) groups excluding carboxylic acids is 2. The van der Waals surface area contributed by atoms with Crippen molar-refractivity contribution in [1.29, 1.82) is 0 Å². The van der Waals surface area contributed by atoms with Gasteiger partial charge in [0.05, 0.1) is 22.6 Å². The predicted molar refractivity (Wildman–Crippen MR) is 140 cm³/mol. The van der Waals surface area contributed by atoms with Crippen molar-refractivity contribution < 1.29 is 27.9 Å². The second-order valence-electron chi connectivity index (χ2n) is 8.26. The highest BCUT2D eigenvalue weighted by Gasteiger charge is 2.36. The largest absolute Gasteiger partial charge is 0.481 e. The monoisotopic (exact) mass is 529 g/mol. The first-order valence-corrected chi connectivity index (χ1v) is 13.4. The van der Waals surface area contributed by atoms with Crippen LogP contribution in [0.5, 0.6) is 0 Å². The number of aromatic nitrogens is 1. The number of carboxylic acids is 1. The molecule has 37 heavy (non-hydrogen) atoms. The van der Waals surface area contributed by atoms with Crippen LogP contribution in [0.15, 0.2) is 107 Å². The van der Waals surface area contributed by atoms with E-state index in [0.29, 0.717) is 26.5 Å². The SMILES string of the molecule is O=C(O)Cc1ccc(SC2=CC(=O)C(=O)c3c(-c4ccccc4)cn(S(=O)(=O)c4ccccc4)c32)cc1. The van der Waals surface area contributed by atoms with E-state index in [1.54, 1.807) is 72.8 Å². The third-order valence-electron chi connectivity index (χ3n) is 5.81. The van der Waals surface area contributed by atoms with Crippen LogP contribution in [-0.4, -0.2) is 35.0 Å². The van der Waals surface area contributed by atoms with Crippen LogP contribution in [0.4, 0.5) is 0 Å². The number of carboxylic acid groups (broad SMARTS) is 1. The molecule has 1 N–H and O–H groups in total. The van der Waals surface area contributed by atoms with Crippen LogP contribution in [-0.2, 0) is 26.0 Å². The number of hydrogen-bond acceptors (Lipinski definition) is 6. The maximum atomic E-state index is 13.8. The molecule has 0 aliphatic heterocycles. The van der Waals surface area contributed by atoms with Crippen LogP contribution < -0.4 is 0 Å². The number of rotatable bonds is 7. The summed E-state index contributed by atoms with van der Waals surface area (Å²) in [6, 6.07) is 23.4. The molecule has 1 heterocycles. The molecule has 0 bridgehead atoms. The van der Waals surface area contributed by atoms with E-state index in [1.807, 2.05) is 0 Å². The fourth-order valence-corrected chi connectivity index (χ4v) is 6.56. The van der Waals surface area contributed by atoms with Crippen molar-refractivity contribution in [3.05, 3.63) is 114 Å². The van der Waals surface area contributed by atoms with Crippen molar-refractivity contribution in [3.8, 4) is 11.1 Å². The molecule has 0 radical (unpaired) electrons. The first-order chi connectivity index (χ1) is 17.8. The topological polar surface area (TPSA) is 111 Å². The van der Waals surface area contributed by atoms with E-state index >= 15 is 0 Å². The molecule has 9 heteroatoms. The molecular formula is C28H19NO6S2. The quantitative estimate of drug-likeness (QED) is 0.339. The molecule has 0 unspecified atom stereocenters. The predicted octanol–water partition coefficient (Wildman–Crippen LogP) is 4.92. The number of Topliss-reactive ketones (excluding diaryl/α,β-unsaturated/α-hetero) is 1. The molecule has 5 rings (SSSR count). The van der Waals surface area contributed by atoms with E-state index in [1.165, 1.54) is 18.3 Å². The van der Waals surface area contributed by atoms with Crippen LogP contribution in [0.2, 0.25) is 0 Å². The number of ketones is 2. The van der Waals surface area contributed by atoms with Gasteiger partial charge >= 0.3 is 5.97 Å². The summed E-state index contributed by atoms with van der Waals surface area (Å²) in [5.74, 6) is -2.48. The molecule has 1 aromatic heterocycles. The van der Waals surface area contributed by atoms with Crippen LogP contribution in [0.25, 0.3) is 16.0 Å². The zero-order chi connectivity index (χ0) is 26.2. The van der Waals surface area contributed by atoms with Crippen molar-refractivity contribution in [2.75, 3.05) is 0 Å². The van der Waals surface area contributed by atoms with Gasteiger partial charge < -0.3 is 5.11 Å². The number of benzene rings is 3. The smallest absolute Gasteiger partial charge is 0.307 e. The van der Waals surface area contributed by atoms with Crippen LogP contribution in [0, 0.1) is 0 Å². The standard InChI is InChI=1S/C28H19NO6S2/c30-23-16-24(36-20-13-11-18(12-14-20)15-25(31)32)27-26(28(23)33)22(19-7-3-1-4-8-19)17-29(27)37(34,35)21-9-5-2-6-10-21/h1-14,16-17H,15H2,(H,31,32). The summed E-state index contributed by atoms with van der Waals surface area (Å²) >= 11 is 1.13. The minimum Gasteiger partial charge on any atom is -0.481 e. The summed E-state index contributed by atoms with van der Waals surface area (Å²) in [5.41, 5.74) is 1.69. The lowest BCUT2D eigenvalue weighted by Crippen LogP contribution is -2.22. The molecule has 184 valence electrons. The summed E-state index contributed by atoms with van der Waals surface area (Å²) in [7, 11) is -4.12. The Kier molecular flexibility index (Phi) is 6.41. The number of thioether (sulfide) groups is 1. The molecule has 0 spiro atoms. The highest BCUT2D eigenvalue weighted by atomic mass is 32.2. The average Bonchev–Trinajstić information content (AvgIpc) is 3.31. The lowest BCUT2D eigenvalue weighted by atomic mass is 9.94. The first-order valence-electron chi connectivity index (χ1n) is 11.2. The van der Waals surface area contributed by atoms with Crippen molar-refractivity contribution in [3.63, 3.8) is 0 Å². The zero-order valence-electron chi connectivity index (χ0n) is 19.2. The van der Waals surface area contributed by atoms with Gasteiger partial charge in [-0.15, -0.1) is 0 Å². The van der Waals surface area contributed by atoms with E-state index in [-0.39, 0.29) is 22.6 Å². The number of fused-ring (bicyclic) bond motifs is 1. The van der Waals surface area contributed by atoms with Crippen molar-refractivity contribution >= 4 is 44.2 Å². The minimum absolute atomic E-state index is 0.0307. The van der Waals surface area contributed by atoms with Gasteiger partial charge in [0.15, 0.2) is 0 Å². The van der Waals surface area contributed by atoms with Crippen LogP contribution >= 0.6 is 11.8 Å². The molecule has 0 amide bonds. The van der Waals surface area contributed by atoms with Crippen LogP contribution in [0.1, 0.15) is 21.6 Å². The summed E-state index contributed by atoms with van der Waals surface area (Å²) in [6.45, 7) is 0. The lowest BCUT2D eigenvalue weighted by molar-refractivity contribution is -0.136. The van der Waals surface area contributed by atoms with E-state index in [4.69, 9.17) is 5.11 Å². The van der Waals surface area contributed by atoms with Crippen LogP contribution in [0.3, 0.4) is 0 Å². The Balaban J connectivity index is 1.69. The molecule has 0 saturated carbocycles. The van der Waals surface area contributed by atoms with Gasteiger partial charge in [0.1, 0.15) is 0 Å². The molecule has 0 atom stereocenters. The highest BCUT2D eigenvalue weighted by Crippen LogP contribution is 2.44. The maximum absolute atomic E-state index is 13.8. The van der Waals surface area contributed by atoms with E-state index in [0.717, 1.165) is 21.8 Å². The number of allylic oxidation sites excluding steroid dienone is 1. The normalized spacial score (nSPS) is 13.2. The van der Waals surface area contributed by atoms with Gasteiger partial charge in [0, 0.05) is 27.6 Å². The van der Waals surface area contributed by atoms with Gasteiger partial charge in [-0.1, -0.05) is 72.4 Å². The van der Waals surface area contributed by atoms with Crippen molar-refractivity contribution in [1.82, 2.24) is 3.97 Å². The van der Waals surface area contributed by atoms with E-state index in [2.05, 4.69) is 0 Å². The summed E-state index contributed by atoms with van der Waals surface area (Å²) < 4.78 is 28.6. The Labute approximate surface area is 217 Å². The Hall–Kier alpha value is -4.21. The number of carbonyl (C=O) groups is 3. The van der Waals surface area contributed by atoms with Gasteiger partial charge in [-0.05, 0) is 35.4 Å². The molecule has 1 aliphatic rings.